The van der Waals surface area contributed by atoms with E-state index in [0.29, 0.717) is 12.6 Å². The molecule has 0 saturated heterocycles. The van der Waals surface area contributed by atoms with Gasteiger partial charge in [-0.1, -0.05) is 25.3 Å². The molecule has 0 aliphatic heterocycles. The lowest BCUT2D eigenvalue weighted by molar-refractivity contribution is 0.425. The summed E-state index contributed by atoms with van der Waals surface area (Å²) in [5, 5.41) is 0. The van der Waals surface area contributed by atoms with Crippen LogP contribution in [0.25, 0.3) is 0 Å². The van der Waals surface area contributed by atoms with Crippen molar-refractivity contribution in [2.75, 3.05) is 18.2 Å². The molecule has 0 aromatic carbocycles. The monoisotopic (exact) mass is 297 g/mol. The highest BCUT2D eigenvalue weighted by molar-refractivity contribution is 7.88. The van der Waals surface area contributed by atoms with Gasteiger partial charge in [0.2, 0.25) is 10.0 Å². The summed E-state index contributed by atoms with van der Waals surface area (Å²) in [6.07, 6.45) is 9.15. The molecule has 1 heterocycles. The fraction of sp³-hybridized carbons (Fsp3) is 0.643. The Morgan fingerprint density at radius 1 is 1.35 bits per heavy atom. The Bertz CT molecular complexity index is 539. The summed E-state index contributed by atoms with van der Waals surface area (Å²) < 4.78 is 25.0. The molecule has 1 aromatic rings. The van der Waals surface area contributed by atoms with Crippen LogP contribution in [0.2, 0.25) is 0 Å². The highest BCUT2D eigenvalue weighted by Gasteiger charge is 2.21. The van der Waals surface area contributed by atoms with E-state index in [0.717, 1.165) is 11.4 Å². The molecule has 1 fully saturated rings. The maximum atomic E-state index is 11.2. The fourth-order valence-corrected chi connectivity index (χ4v) is 3.15. The molecule has 1 saturated carbocycles. The Hall–Kier alpha value is -1.14. The predicted molar refractivity (Wildman–Crippen MR) is 81.2 cm³/mol. The number of nitrogens with one attached hydrogen (secondary N) is 1. The van der Waals surface area contributed by atoms with E-state index in [9.17, 15) is 8.42 Å². The van der Waals surface area contributed by atoms with Gasteiger partial charge in [-0.25, -0.2) is 18.1 Å². The van der Waals surface area contributed by atoms with Crippen LogP contribution in [0, 0.1) is 0 Å². The topological polar surface area (TPSA) is 62.3 Å². The summed E-state index contributed by atoms with van der Waals surface area (Å²) >= 11 is 0. The second kappa shape index (κ2) is 6.54. The van der Waals surface area contributed by atoms with Gasteiger partial charge in [0.1, 0.15) is 5.82 Å². The molecule has 6 heteroatoms. The molecule has 0 unspecified atom stereocenters. The number of pyridine rings is 1. The van der Waals surface area contributed by atoms with Crippen LogP contribution in [0.3, 0.4) is 0 Å². The van der Waals surface area contributed by atoms with E-state index >= 15 is 0 Å². The molecule has 1 aliphatic carbocycles. The van der Waals surface area contributed by atoms with Gasteiger partial charge in [0.15, 0.2) is 0 Å². The molecule has 0 bridgehead atoms. The molecule has 0 radical (unpaired) electrons. The van der Waals surface area contributed by atoms with E-state index in [2.05, 4.69) is 21.7 Å². The predicted octanol–water partition coefficient (Wildman–Crippen LogP) is 1.90. The van der Waals surface area contributed by atoms with Crippen molar-refractivity contribution in [2.24, 2.45) is 0 Å². The molecule has 0 spiro atoms. The largest absolute Gasteiger partial charge is 0.356 e. The van der Waals surface area contributed by atoms with Crippen molar-refractivity contribution >= 4 is 15.8 Å². The Kier molecular flexibility index (Phi) is 4.99. The SMILES string of the molecule is CN(c1ncccc1CNS(C)(=O)=O)C1CCCCC1. The van der Waals surface area contributed by atoms with E-state index in [1.54, 1.807) is 6.20 Å². The summed E-state index contributed by atoms with van der Waals surface area (Å²) in [6, 6.07) is 4.28. The molecule has 5 nitrogen and oxygen atoms in total. The third-order valence-corrected chi connectivity index (χ3v) is 4.52. The van der Waals surface area contributed by atoms with Crippen LogP contribution in [-0.2, 0) is 16.6 Å². The number of aromatic nitrogens is 1. The summed E-state index contributed by atoms with van der Waals surface area (Å²) in [7, 11) is -1.13. The van der Waals surface area contributed by atoms with Crippen LogP contribution in [0.4, 0.5) is 5.82 Å². The maximum Gasteiger partial charge on any atom is 0.209 e. The van der Waals surface area contributed by atoms with E-state index in [4.69, 9.17) is 0 Å². The summed E-state index contributed by atoms with van der Waals surface area (Å²) in [5.41, 5.74) is 0.922. The second-order valence-corrected chi connectivity index (χ2v) is 7.32. The average molecular weight is 297 g/mol. The smallest absolute Gasteiger partial charge is 0.209 e. The first-order valence-electron chi connectivity index (χ1n) is 7.09. The number of nitrogens with zero attached hydrogens (tertiary/aromatic N) is 2. The van der Waals surface area contributed by atoms with Gasteiger partial charge in [-0.05, 0) is 18.9 Å². The van der Waals surface area contributed by atoms with E-state index in [-0.39, 0.29) is 0 Å². The van der Waals surface area contributed by atoms with E-state index in [1.165, 1.54) is 38.4 Å². The third-order valence-electron chi connectivity index (χ3n) is 3.85. The summed E-state index contributed by atoms with van der Waals surface area (Å²) in [6.45, 7) is 0.291. The minimum absolute atomic E-state index is 0.291. The number of hydrogen-bond donors (Lipinski definition) is 1. The van der Waals surface area contributed by atoms with Crippen LogP contribution >= 0.6 is 0 Å². The lowest BCUT2D eigenvalue weighted by Gasteiger charge is -2.33. The van der Waals surface area contributed by atoms with Gasteiger partial charge in [-0.15, -0.1) is 0 Å². The lowest BCUT2D eigenvalue weighted by atomic mass is 9.94. The zero-order chi connectivity index (χ0) is 14.6. The lowest BCUT2D eigenvalue weighted by Crippen LogP contribution is -2.35. The Morgan fingerprint density at radius 2 is 2.05 bits per heavy atom. The fourth-order valence-electron chi connectivity index (χ4n) is 2.74. The Morgan fingerprint density at radius 3 is 2.70 bits per heavy atom. The number of rotatable bonds is 5. The van der Waals surface area contributed by atoms with Gasteiger partial charge in [0, 0.05) is 31.4 Å². The number of hydrogen-bond acceptors (Lipinski definition) is 4. The molecule has 1 aromatic heterocycles. The van der Waals surface area contributed by atoms with Gasteiger partial charge in [-0.2, -0.15) is 0 Å². The zero-order valence-electron chi connectivity index (χ0n) is 12.2. The molecule has 1 N–H and O–H groups in total. The van der Waals surface area contributed by atoms with E-state index in [1.807, 2.05) is 12.1 Å². The maximum absolute atomic E-state index is 11.2. The molecule has 0 amide bonds. The van der Waals surface area contributed by atoms with Crippen LogP contribution in [0.1, 0.15) is 37.7 Å². The van der Waals surface area contributed by atoms with Crippen LogP contribution in [0.5, 0.6) is 0 Å². The van der Waals surface area contributed by atoms with Crippen molar-refractivity contribution < 1.29 is 8.42 Å². The number of sulfonamides is 1. The summed E-state index contributed by atoms with van der Waals surface area (Å²) in [4.78, 5) is 6.65. The quantitative estimate of drug-likeness (QED) is 0.901. The second-order valence-electron chi connectivity index (χ2n) is 5.48. The highest BCUT2D eigenvalue weighted by atomic mass is 32.2. The number of anilines is 1. The van der Waals surface area contributed by atoms with Gasteiger partial charge in [-0.3, -0.25) is 0 Å². The Balaban J connectivity index is 2.13. The van der Waals surface area contributed by atoms with E-state index < -0.39 is 10.0 Å². The van der Waals surface area contributed by atoms with Gasteiger partial charge in [0.25, 0.3) is 0 Å². The Labute approximate surface area is 121 Å². The van der Waals surface area contributed by atoms with Crippen molar-refractivity contribution in [1.82, 2.24) is 9.71 Å². The third kappa shape index (κ3) is 4.18. The highest BCUT2D eigenvalue weighted by Crippen LogP contribution is 2.26. The van der Waals surface area contributed by atoms with Crippen LogP contribution in [0.15, 0.2) is 18.3 Å². The molecular formula is C14H23N3O2S. The first kappa shape index (κ1) is 15.3. The minimum atomic E-state index is -3.19. The van der Waals surface area contributed by atoms with Gasteiger partial charge in [0.05, 0.1) is 6.26 Å². The van der Waals surface area contributed by atoms with Crippen molar-refractivity contribution in [3.8, 4) is 0 Å². The minimum Gasteiger partial charge on any atom is -0.356 e. The first-order valence-corrected chi connectivity index (χ1v) is 8.98. The normalized spacial score (nSPS) is 17.1. The van der Waals surface area contributed by atoms with Gasteiger partial charge < -0.3 is 4.90 Å². The first-order chi connectivity index (χ1) is 9.47. The molecule has 0 atom stereocenters. The zero-order valence-corrected chi connectivity index (χ0v) is 13.0. The molecule has 2 rings (SSSR count). The van der Waals surface area contributed by atoms with Crippen molar-refractivity contribution in [3.63, 3.8) is 0 Å². The molecule has 1 aliphatic rings. The summed E-state index contributed by atoms with van der Waals surface area (Å²) in [5.74, 6) is 0.885. The van der Waals surface area contributed by atoms with Gasteiger partial charge >= 0.3 is 0 Å². The standard InChI is InChI=1S/C14H23N3O2S/c1-17(13-8-4-3-5-9-13)14-12(7-6-10-15-14)11-16-20(2,18)19/h6-7,10,13,16H,3-5,8-9,11H2,1-2H3. The van der Waals surface area contributed by atoms with Crippen molar-refractivity contribution in [2.45, 2.75) is 44.7 Å². The van der Waals surface area contributed by atoms with Crippen LogP contribution in [-0.4, -0.2) is 32.7 Å². The van der Waals surface area contributed by atoms with Crippen molar-refractivity contribution in [3.05, 3.63) is 23.9 Å². The molecule has 20 heavy (non-hydrogen) atoms. The average Bonchev–Trinajstić information content (AvgIpc) is 2.45. The van der Waals surface area contributed by atoms with Crippen molar-refractivity contribution in [1.29, 1.82) is 0 Å². The molecule has 112 valence electrons. The molecular weight excluding hydrogens is 274 g/mol. The van der Waals surface area contributed by atoms with Crippen LogP contribution < -0.4 is 9.62 Å².